The van der Waals surface area contributed by atoms with Gasteiger partial charge in [0.15, 0.2) is 0 Å². The highest BCUT2D eigenvalue weighted by Gasteiger charge is 2.24. The lowest BCUT2D eigenvalue weighted by molar-refractivity contribution is -0.114. The van der Waals surface area contributed by atoms with Crippen LogP contribution in [0.25, 0.3) is 0 Å². The van der Waals surface area contributed by atoms with Crippen LogP contribution in [0.4, 0.5) is 5.69 Å². The first-order chi connectivity index (χ1) is 5.79. The van der Waals surface area contributed by atoms with Crippen molar-refractivity contribution in [2.24, 2.45) is 10.2 Å². The zero-order valence-electron chi connectivity index (χ0n) is 5.76. The van der Waals surface area contributed by atoms with E-state index in [1.807, 2.05) is 0 Å². The lowest BCUT2D eigenvalue weighted by atomic mass is 10.2. The summed E-state index contributed by atoms with van der Waals surface area (Å²) in [5, 5.41) is 6.56. The maximum absolute atomic E-state index is 11.0. The average Bonchev–Trinajstić information content (AvgIpc) is 2.12. The van der Waals surface area contributed by atoms with Crippen molar-refractivity contribution in [3.8, 4) is 0 Å². The summed E-state index contributed by atoms with van der Waals surface area (Å²) in [5.74, 6) is -1.62. The third-order valence-corrected chi connectivity index (χ3v) is 1.35. The minimum atomic E-state index is -0.888. The Kier molecular flexibility index (Phi) is 1.26. The molecule has 1 amide bonds. The van der Waals surface area contributed by atoms with E-state index in [0.29, 0.717) is 0 Å². The highest BCUT2D eigenvalue weighted by Crippen LogP contribution is 2.20. The van der Waals surface area contributed by atoms with Gasteiger partial charge >= 0.3 is 5.91 Å². The molecule has 0 spiro atoms. The molecule has 6 nitrogen and oxygen atoms in total. The van der Waals surface area contributed by atoms with Crippen LogP contribution in [-0.2, 0) is 4.79 Å². The van der Waals surface area contributed by atoms with Gasteiger partial charge in [0, 0.05) is 0 Å². The minimum absolute atomic E-state index is 0.0185. The number of ketones is 1. The summed E-state index contributed by atoms with van der Waals surface area (Å²) in [6.07, 6.45) is 2.51. The minimum Gasteiger partial charge on any atom is -0.281 e. The molecule has 0 unspecified atom stereocenters. The van der Waals surface area contributed by atoms with Gasteiger partial charge in [0.05, 0.1) is 6.20 Å². The van der Waals surface area contributed by atoms with Gasteiger partial charge in [0.2, 0.25) is 0 Å². The standard InChI is InChI=1S/C6H2N4O2/c11-5-4-3(1-7-2-8-4)9-10-6(5)12/h1-2H. The number of nitrogens with zero attached hydrogens (tertiary/aromatic N) is 4. The molecular formula is C6H2N4O2. The number of Topliss-reactive ketones (excluding diaryl/α,β-unsaturated/α-hetero) is 1. The molecule has 1 aliphatic heterocycles. The molecule has 1 aliphatic rings. The fraction of sp³-hybridized carbons (Fsp3) is 0. The Morgan fingerprint density at radius 3 is 2.83 bits per heavy atom. The largest absolute Gasteiger partial charge is 0.338 e. The molecule has 12 heavy (non-hydrogen) atoms. The second-order valence-electron chi connectivity index (χ2n) is 2.09. The van der Waals surface area contributed by atoms with Gasteiger partial charge in [0.1, 0.15) is 17.7 Å². The van der Waals surface area contributed by atoms with Gasteiger partial charge in [-0.1, -0.05) is 0 Å². The SMILES string of the molecule is O=C1N=Nc2cncnc2C1=O. The van der Waals surface area contributed by atoms with Crippen molar-refractivity contribution in [2.75, 3.05) is 0 Å². The van der Waals surface area contributed by atoms with Gasteiger partial charge < -0.3 is 0 Å². The number of amides is 1. The normalized spacial score (nSPS) is 14.7. The summed E-state index contributed by atoms with van der Waals surface area (Å²) in [6, 6.07) is 0. The topological polar surface area (TPSA) is 84.6 Å². The molecule has 1 aromatic rings. The van der Waals surface area contributed by atoms with E-state index in [9.17, 15) is 9.59 Å². The molecule has 2 heterocycles. The number of azo groups is 1. The predicted octanol–water partition coefficient (Wildman–Crippen LogP) is 0.283. The Bertz CT molecular complexity index is 398. The number of rotatable bonds is 0. The molecule has 1 aromatic heterocycles. The first-order valence-corrected chi connectivity index (χ1v) is 3.09. The van der Waals surface area contributed by atoms with Gasteiger partial charge in [-0.05, 0) is 0 Å². The van der Waals surface area contributed by atoms with Gasteiger partial charge in [-0.15, -0.1) is 10.2 Å². The van der Waals surface area contributed by atoms with Crippen molar-refractivity contribution < 1.29 is 9.59 Å². The summed E-state index contributed by atoms with van der Waals surface area (Å²) in [4.78, 5) is 29.0. The van der Waals surface area contributed by atoms with Crippen LogP contribution < -0.4 is 0 Å². The van der Waals surface area contributed by atoms with Crippen molar-refractivity contribution in [1.29, 1.82) is 0 Å². The second-order valence-corrected chi connectivity index (χ2v) is 2.09. The molecule has 0 bridgehead atoms. The van der Waals surface area contributed by atoms with Gasteiger partial charge in [-0.2, -0.15) is 0 Å². The van der Waals surface area contributed by atoms with Gasteiger partial charge in [0.25, 0.3) is 5.78 Å². The molecule has 0 saturated carbocycles. The average molecular weight is 162 g/mol. The molecule has 0 aromatic carbocycles. The molecule has 0 saturated heterocycles. The molecule has 6 heteroatoms. The van der Waals surface area contributed by atoms with Gasteiger partial charge in [-0.3, -0.25) is 9.59 Å². The highest BCUT2D eigenvalue weighted by molar-refractivity contribution is 6.44. The summed E-state index contributed by atoms with van der Waals surface area (Å²) in [7, 11) is 0. The van der Waals surface area contributed by atoms with E-state index >= 15 is 0 Å². The van der Waals surface area contributed by atoms with E-state index in [4.69, 9.17) is 0 Å². The number of hydrogen-bond acceptors (Lipinski definition) is 5. The van der Waals surface area contributed by atoms with E-state index in [-0.39, 0.29) is 11.4 Å². The fourth-order valence-electron chi connectivity index (χ4n) is 0.816. The molecule has 58 valence electrons. The van der Waals surface area contributed by atoms with Crippen LogP contribution in [0, 0.1) is 0 Å². The van der Waals surface area contributed by atoms with Crippen molar-refractivity contribution >= 4 is 17.4 Å². The molecule has 0 fully saturated rings. The van der Waals surface area contributed by atoms with Gasteiger partial charge in [-0.25, -0.2) is 9.97 Å². The van der Waals surface area contributed by atoms with Crippen molar-refractivity contribution in [3.63, 3.8) is 0 Å². The highest BCUT2D eigenvalue weighted by atomic mass is 16.2. The maximum Gasteiger partial charge on any atom is 0.338 e. The Hall–Kier alpha value is -1.98. The number of carbonyl (C=O) groups is 2. The fourth-order valence-corrected chi connectivity index (χ4v) is 0.816. The molecular weight excluding hydrogens is 160 g/mol. The molecule has 0 aliphatic carbocycles. The summed E-state index contributed by atoms with van der Waals surface area (Å²) in [5.41, 5.74) is 0.257. The van der Waals surface area contributed by atoms with Crippen LogP contribution in [0.3, 0.4) is 0 Å². The van der Waals surface area contributed by atoms with E-state index in [0.717, 1.165) is 0 Å². The summed E-state index contributed by atoms with van der Waals surface area (Å²) < 4.78 is 0. The van der Waals surface area contributed by atoms with Crippen LogP contribution in [0.2, 0.25) is 0 Å². The lowest BCUT2D eigenvalue weighted by Gasteiger charge is -2.01. The monoisotopic (exact) mass is 162 g/mol. The third kappa shape index (κ3) is 0.815. The van der Waals surface area contributed by atoms with Crippen LogP contribution in [0.1, 0.15) is 10.5 Å². The quantitative estimate of drug-likeness (QED) is 0.513. The first-order valence-electron chi connectivity index (χ1n) is 3.09. The smallest absolute Gasteiger partial charge is 0.281 e. The first kappa shape index (κ1) is 6.71. The summed E-state index contributed by atoms with van der Waals surface area (Å²) >= 11 is 0. The Labute approximate surface area is 66.4 Å². The van der Waals surface area contributed by atoms with Crippen molar-refractivity contribution in [1.82, 2.24) is 9.97 Å². The predicted molar refractivity (Wildman–Crippen MR) is 35.9 cm³/mol. The molecule has 0 atom stereocenters. The van der Waals surface area contributed by atoms with E-state index in [1.54, 1.807) is 0 Å². The van der Waals surface area contributed by atoms with E-state index in [1.165, 1.54) is 12.5 Å². The number of hydrogen-bond donors (Lipinski definition) is 0. The molecule has 2 rings (SSSR count). The molecule has 0 N–H and O–H groups in total. The Morgan fingerprint density at radius 2 is 2.00 bits per heavy atom. The van der Waals surface area contributed by atoms with Crippen LogP contribution in [0.5, 0.6) is 0 Å². The third-order valence-electron chi connectivity index (χ3n) is 1.35. The zero-order chi connectivity index (χ0) is 8.55. The molecule has 0 radical (unpaired) electrons. The van der Waals surface area contributed by atoms with Crippen LogP contribution in [-0.4, -0.2) is 21.7 Å². The number of aromatic nitrogens is 2. The van der Waals surface area contributed by atoms with Crippen LogP contribution >= 0.6 is 0 Å². The summed E-state index contributed by atoms with van der Waals surface area (Å²) in [6.45, 7) is 0. The second kappa shape index (κ2) is 2.26. The maximum atomic E-state index is 11.0. The number of carbonyl (C=O) groups excluding carboxylic acids is 2. The zero-order valence-corrected chi connectivity index (χ0v) is 5.76. The van der Waals surface area contributed by atoms with Crippen molar-refractivity contribution in [3.05, 3.63) is 18.2 Å². The Balaban J connectivity index is 2.67. The van der Waals surface area contributed by atoms with E-state index in [2.05, 4.69) is 20.2 Å². The lowest BCUT2D eigenvalue weighted by Crippen LogP contribution is -2.15. The number of fused-ring (bicyclic) bond motifs is 1. The van der Waals surface area contributed by atoms with Crippen LogP contribution in [0.15, 0.2) is 22.8 Å². The Morgan fingerprint density at radius 1 is 1.17 bits per heavy atom. The van der Waals surface area contributed by atoms with E-state index < -0.39 is 11.7 Å². The van der Waals surface area contributed by atoms with Crippen molar-refractivity contribution in [2.45, 2.75) is 0 Å².